The van der Waals surface area contributed by atoms with Crippen LogP contribution in [0.2, 0.25) is 0 Å². The summed E-state index contributed by atoms with van der Waals surface area (Å²) in [6.07, 6.45) is 1.09. The summed E-state index contributed by atoms with van der Waals surface area (Å²) in [5.74, 6) is 1.46. The van der Waals surface area contributed by atoms with Crippen LogP contribution in [0.4, 0.5) is 5.69 Å². The van der Waals surface area contributed by atoms with E-state index < -0.39 is 0 Å². The predicted octanol–water partition coefficient (Wildman–Crippen LogP) is 7.18. The van der Waals surface area contributed by atoms with Crippen molar-refractivity contribution in [3.05, 3.63) is 90.5 Å². The van der Waals surface area contributed by atoms with Gasteiger partial charge in [-0.2, -0.15) is 0 Å². The fraction of sp³-hybridized carbons (Fsp3) is 0.172. The lowest BCUT2D eigenvalue weighted by Gasteiger charge is -2.11. The van der Waals surface area contributed by atoms with Gasteiger partial charge in [0.05, 0.1) is 0 Å². The van der Waals surface area contributed by atoms with Crippen LogP contribution in [-0.4, -0.2) is 17.5 Å². The van der Waals surface area contributed by atoms with Gasteiger partial charge in [0.1, 0.15) is 11.3 Å². The van der Waals surface area contributed by atoms with Gasteiger partial charge in [0.25, 0.3) is 5.91 Å². The highest BCUT2D eigenvalue weighted by Crippen LogP contribution is 2.30. The highest BCUT2D eigenvalue weighted by molar-refractivity contribution is 6.04. The third-order valence-corrected chi connectivity index (χ3v) is 6.11. The molecule has 0 fully saturated rings. The quantitative estimate of drug-likeness (QED) is 0.285. The lowest BCUT2D eigenvalue weighted by molar-refractivity contribution is -0.118. The number of benzene rings is 4. The number of ether oxygens (including phenoxy) is 1. The molecule has 0 spiro atoms. The van der Waals surface area contributed by atoms with Gasteiger partial charge in [-0.25, -0.2) is 4.98 Å². The fourth-order valence-corrected chi connectivity index (χ4v) is 3.99. The Hall–Kier alpha value is -4.12. The first kappa shape index (κ1) is 21.7. The molecule has 1 heterocycles. The van der Waals surface area contributed by atoms with Crippen LogP contribution in [-0.2, 0) is 4.79 Å². The molecule has 5 aromatic rings. The Morgan fingerprint density at radius 2 is 1.82 bits per heavy atom. The molecule has 34 heavy (non-hydrogen) atoms. The third kappa shape index (κ3) is 4.50. The molecular formula is C29H26N2O3. The molecule has 0 saturated heterocycles. The van der Waals surface area contributed by atoms with E-state index in [0.717, 1.165) is 33.9 Å². The molecule has 0 radical (unpaired) electrons. The third-order valence-electron chi connectivity index (χ3n) is 6.11. The standard InChI is InChI=1S/C29H26N2O3/c1-3-19(2)20-11-14-24(15-12-20)33-18-27(32)30-23-9-6-8-22(17-23)29-31-28-25-10-5-4-7-21(25)13-16-26(28)34-29/h4-17,19H,3,18H2,1-2H3,(H,30,32). The van der Waals surface area contributed by atoms with E-state index in [4.69, 9.17) is 14.1 Å². The van der Waals surface area contributed by atoms with Crippen molar-refractivity contribution in [3.63, 3.8) is 0 Å². The zero-order chi connectivity index (χ0) is 23.5. The molecule has 0 aliphatic rings. The van der Waals surface area contributed by atoms with Crippen molar-refractivity contribution in [3.8, 4) is 17.2 Å². The zero-order valence-corrected chi connectivity index (χ0v) is 19.2. The van der Waals surface area contributed by atoms with E-state index >= 15 is 0 Å². The Bertz CT molecular complexity index is 1450. The summed E-state index contributed by atoms with van der Waals surface area (Å²) >= 11 is 0. The van der Waals surface area contributed by atoms with E-state index in [1.54, 1.807) is 0 Å². The smallest absolute Gasteiger partial charge is 0.262 e. The number of carbonyl (C=O) groups excluding carboxylic acids is 1. The number of nitrogens with one attached hydrogen (secondary N) is 1. The Kier molecular flexibility index (Phi) is 6.00. The summed E-state index contributed by atoms with van der Waals surface area (Å²) < 4.78 is 11.7. The summed E-state index contributed by atoms with van der Waals surface area (Å²) in [6.45, 7) is 4.29. The van der Waals surface area contributed by atoms with Crippen LogP contribution in [0, 0.1) is 0 Å². The maximum absolute atomic E-state index is 12.5. The maximum atomic E-state index is 12.5. The minimum absolute atomic E-state index is 0.0677. The van der Waals surface area contributed by atoms with Gasteiger partial charge in [0.15, 0.2) is 12.2 Å². The molecular weight excluding hydrogens is 424 g/mol. The summed E-state index contributed by atoms with van der Waals surface area (Å²) in [5, 5.41) is 5.06. The van der Waals surface area contributed by atoms with Crippen LogP contribution in [0.15, 0.2) is 89.3 Å². The first-order valence-electron chi connectivity index (χ1n) is 11.5. The van der Waals surface area contributed by atoms with Gasteiger partial charge in [-0.1, -0.05) is 62.4 Å². The number of nitrogens with zero attached hydrogens (tertiary/aromatic N) is 1. The molecule has 0 aliphatic heterocycles. The Labute approximate surface area is 198 Å². The van der Waals surface area contributed by atoms with Crippen molar-refractivity contribution in [2.75, 3.05) is 11.9 Å². The highest BCUT2D eigenvalue weighted by atomic mass is 16.5. The maximum Gasteiger partial charge on any atom is 0.262 e. The molecule has 0 saturated carbocycles. The zero-order valence-electron chi connectivity index (χ0n) is 19.2. The SMILES string of the molecule is CCC(C)c1ccc(OCC(=O)Nc2cccc(-c3nc4c(ccc5ccccc54)o3)c2)cc1. The van der Waals surface area contributed by atoms with E-state index in [1.165, 1.54) is 5.56 Å². The molecule has 5 nitrogen and oxygen atoms in total. The van der Waals surface area contributed by atoms with Crippen molar-refractivity contribution >= 4 is 33.5 Å². The lowest BCUT2D eigenvalue weighted by Crippen LogP contribution is -2.20. The van der Waals surface area contributed by atoms with E-state index in [0.29, 0.717) is 23.2 Å². The highest BCUT2D eigenvalue weighted by Gasteiger charge is 2.12. The molecule has 170 valence electrons. The number of amides is 1. The number of oxazole rings is 1. The summed E-state index contributed by atoms with van der Waals surface area (Å²) in [5.41, 5.74) is 4.28. The first-order valence-corrected chi connectivity index (χ1v) is 11.5. The summed E-state index contributed by atoms with van der Waals surface area (Å²) in [7, 11) is 0. The predicted molar refractivity (Wildman–Crippen MR) is 136 cm³/mol. The molecule has 0 bridgehead atoms. The lowest BCUT2D eigenvalue weighted by atomic mass is 9.99. The average Bonchev–Trinajstić information content (AvgIpc) is 3.33. The van der Waals surface area contributed by atoms with Gasteiger partial charge < -0.3 is 14.5 Å². The molecule has 1 atom stereocenters. The van der Waals surface area contributed by atoms with Gasteiger partial charge in [-0.05, 0) is 59.7 Å². The number of fused-ring (bicyclic) bond motifs is 3. The van der Waals surface area contributed by atoms with Crippen molar-refractivity contribution in [2.45, 2.75) is 26.2 Å². The molecule has 1 aromatic heterocycles. The second-order valence-corrected chi connectivity index (χ2v) is 8.45. The van der Waals surface area contributed by atoms with E-state index in [-0.39, 0.29) is 12.5 Å². The molecule has 1 unspecified atom stereocenters. The van der Waals surface area contributed by atoms with Gasteiger partial charge in [-0.15, -0.1) is 0 Å². The van der Waals surface area contributed by atoms with Gasteiger partial charge in [0.2, 0.25) is 5.89 Å². The number of anilines is 1. The second-order valence-electron chi connectivity index (χ2n) is 8.45. The summed E-state index contributed by atoms with van der Waals surface area (Å²) in [6, 6.07) is 27.5. The molecule has 5 rings (SSSR count). The van der Waals surface area contributed by atoms with Crippen LogP contribution in [0.3, 0.4) is 0 Å². The average molecular weight is 451 g/mol. The first-order chi connectivity index (χ1) is 16.6. The largest absolute Gasteiger partial charge is 0.484 e. The van der Waals surface area contributed by atoms with Crippen LogP contribution >= 0.6 is 0 Å². The van der Waals surface area contributed by atoms with Gasteiger partial charge in [0, 0.05) is 16.6 Å². The van der Waals surface area contributed by atoms with Crippen molar-refractivity contribution in [2.24, 2.45) is 0 Å². The number of rotatable bonds is 7. The fourth-order valence-electron chi connectivity index (χ4n) is 3.99. The number of aromatic nitrogens is 1. The van der Waals surface area contributed by atoms with E-state index in [2.05, 4.69) is 37.4 Å². The monoisotopic (exact) mass is 450 g/mol. The topological polar surface area (TPSA) is 64.4 Å². The summed E-state index contributed by atoms with van der Waals surface area (Å²) in [4.78, 5) is 17.2. The molecule has 0 aliphatic carbocycles. The van der Waals surface area contributed by atoms with Gasteiger partial charge >= 0.3 is 0 Å². The van der Waals surface area contributed by atoms with Crippen molar-refractivity contribution in [1.29, 1.82) is 0 Å². The Balaban J connectivity index is 1.28. The minimum Gasteiger partial charge on any atom is -0.484 e. The van der Waals surface area contributed by atoms with Crippen LogP contribution in [0.1, 0.15) is 31.7 Å². The Morgan fingerprint density at radius 3 is 2.65 bits per heavy atom. The number of hydrogen-bond donors (Lipinski definition) is 1. The van der Waals surface area contributed by atoms with E-state index in [9.17, 15) is 4.79 Å². The molecule has 4 aromatic carbocycles. The minimum atomic E-state index is -0.230. The molecule has 1 N–H and O–H groups in total. The van der Waals surface area contributed by atoms with Crippen molar-refractivity contribution in [1.82, 2.24) is 4.98 Å². The van der Waals surface area contributed by atoms with Crippen LogP contribution < -0.4 is 10.1 Å². The number of hydrogen-bond acceptors (Lipinski definition) is 4. The second kappa shape index (κ2) is 9.40. The molecule has 5 heteroatoms. The van der Waals surface area contributed by atoms with Crippen LogP contribution in [0.25, 0.3) is 33.3 Å². The van der Waals surface area contributed by atoms with Crippen LogP contribution in [0.5, 0.6) is 5.75 Å². The normalized spacial score (nSPS) is 12.1. The van der Waals surface area contributed by atoms with Crippen molar-refractivity contribution < 1.29 is 13.9 Å². The van der Waals surface area contributed by atoms with E-state index in [1.807, 2.05) is 66.7 Å². The van der Waals surface area contributed by atoms with Gasteiger partial charge in [-0.3, -0.25) is 4.79 Å². The number of carbonyl (C=O) groups is 1. The Morgan fingerprint density at radius 1 is 1.00 bits per heavy atom. The molecule has 1 amide bonds.